The fourth-order valence-corrected chi connectivity index (χ4v) is 1.63. The number of nitrogens with one attached hydrogen (secondary N) is 2. The Morgan fingerprint density at radius 3 is 2.71 bits per heavy atom. The van der Waals surface area contributed by atoms with Gasteiger partial charge in [-0.05, 0) is 23.9 Å². The van der Waals surface area contributed by atoms with Gasteiger partial charge in [-0.15, -0.1) is 0 Å². The van der Waals surface area contributed by atoms with E-state index in [1.165, 1.54) is 6.26 Å². The topological polar surface area (TPSA) is 103 Å². The molecule has 7 heteroatoms. The zero-order valence-corrected chi connectivity index (χ0v) is 9.71. The van der Waals surface area contributed by atoms with Crippen LogP contribution in [0.3, 0.4) is 0 Å². The zero-order chi connectivity index (χ0) is 12.8. The first-order chi connectivity index (χ1) is 7.99. The minimum atomic E-state index is -0.833. The van der Waals surface area contributed by atoms with E-state index >= 15 is 0 Å². The lowest BCUT2D eigenvalue weighted by atomic mass is 10.4. The van der Waals surface area contributed by atoms with Gasteiger partial charge in [0.1, 0.15) is 5.76 Å². The molecular weight excluding hydrogens is 244 g/mol. The summed E-state index contributed by atoms with van der Waals surface area (Å²) in [6.07, 6.45) is 3.15. The quantitative estimate of drug-likeness (QED) is 0.659. The summed E-state index contributed by atoms with van der Waals surface area (Å²) in [5.74, 6) is -0.459. The summed E-state index contributed by atoms with van der Waals surface area (Å²) >= 11 is 1.10. The number of hydrogen-bond acceptors (Lipinski definition) is 5. The minimum Gasteiger partial charge on any atom is -0.481 e. The van der Waals surface area contributed by atoms with Crippen LogP contribution in [0.5, 0.6) is 0 Å². The third-order valence-corrected chi connectivity index (χ3v) is 2.31. The Morgan fingerprint density at radius 1 is 1.65 bits per heavy atom. The van der Waals surface area contributed by atoms with Crippen molar-refractivity contribution in [3.05, 3.63) is 29.1 Å². The second-order valence-electron chi connectivity index (χ2n) is 2.93. The Balaban J connectivity index is 0.000000317. The molecular formula is C10H10N2O4S. The van der Waals surface area contributed by atoms with Crippen molar-refractivity contribution in [1.82, 2.24) is 5.32 Å². The molecule has 6 nitrogen and oxygen atoms in total. The van der Waals surface area contributed by atoms with E-state index in [0.717, 1.165) is 18.7 Å². The normalized spacial score (nSPS) is 16.4. The van der Waals surface area contributed by atoms with Crippen molar-refractivity contribution in [1.29, 1.82) is 5.41 Å². The van der Waals surface area contributed by atoms with Gasteiger partial charge in [-0.3, -0.25) is 15.0 Å². The lowest BCUT2D eigenvalue weighted by molar-refractivity contribution is -0.134. The molecule has 17 heavy (non-hydrogen) atoms. The molecule has 1 aliphatic heterocycles. The lowest BCUT2D eigenvalue weighted by Crippen LogP contribution is -2.18. The summed E-state index contributed by atoms with van der Waals surface area (Å²) in [5.41, 5.74) is 0. The molecule has 1 amide bonds. The number of rotatable bonds is 1. The largest absolute Gasteiger partial charge is 0.481 e. The molecule has 1 aliphatic rings. The maximum atomic E-state index is 11.1. The minimum absolute atomic E-state index is 0.155. The van der Waals surface area contributed by atoms with Crippen molar-refractivity contribution in [2.75, 3.05) is 0 Å². The number of thioether (sulfide) groups is 1. The van der Waals surface area contributed by atoms with Gasteiger partial charge >= 0.3 is 0 Å². The summed E-state index contributed by atoms with van der Waals surface area (Å²) < 4.78 is 5.04. The second kappa shape index (κ2) is 5.90. The van der Waals surface area contributed by atoms with Crippen molar-refractivity contribution in [3.8, 4) is 0 Å². The highest BCUT2D eigenvalue weighted by Crippen LogP contribution is 2.24. The number of amides is 1. The second-order valence-corrected chi connectivity index (χ2v) is 3.98. The zero-order valence-electron chi connectivity index (χ0n) is 8.89. The smallest absolute Gasteiger partial charge is 0.300 e. The Kier molecular flexibility index (Phi) is 4.53. The van der Waals surface area contributed by atoms with Gasteiger partial charge in [0, 0.05) is 13.0 Å². The number of aliphatic carboxylic acids is 1. The SMILES string of the molecule is CC(=O)O.N=C1NC(=O)C(=Cc2ccco2)S1. The van der Waals surface area contributed by atoms with Crippen molar-refractivity contribution >= 4 is 34.9 Å². The molecule has 0 spiro atoms. The Hall–Kier alpha value is -2.02. The first kappa shape index (κ1) is 13.0. The van der Waals surface area contributed by atoms with Gasteiger partial charge < -0.3 is 14.8 Å². The van der Waals surface area contributed by atoms with E-state index in [0.29, 0.717) is 10.7 Å². The van der Waals surface area contributed by atoms with Crippen molar-refractivity contribution in [2.45, 2.75) is 6.92 Å². The molecule has 1 fully saturated rings. The molecule has 1 aromatic rings. The number of hydrogen-bond donors (Lipinski definition) is 3. The molecule has 0 saturated carbocycles. The van der Waals surface area contributed by atoms with Gasteiger partial charge in [0.2, 0.25) is 0 Å². The van der Waals surface area contributed by atoms with E-state index in [2.05, 4.69) is 5.32 Å². The number of furan rings is 1. The van der Waals surface area contributed by atoms with Gasteiger partial charge in [0.15, 0.2) is 5.17 Å². The predicted octanol–water partition coefficient (Wildman–Crippen LogP) is 1.51. The first-order valence-corrected chi connectivity index (χ1v) is 5.33. The highest BCUT2D eigenvalue weighted by atomic mass is 32.2. The fourth-order valence-electron chi connectivity index (χ4n) is 0.944. The van der Waals surface area contributed by atoms with Crippen LogP contribution in [0, 0.1) is 5.41 Å². The lowest BCUT2D eigenvalue weighted by Gasteiger charge is -1.87. The van der Waals surface area contributed by atoms with E-state index < -0.39 is 5.97 Å². The van der Waals surface area contributed by atoms with Crippen LogP contribution < -0.4 is 5.32 Å². The molecule has 0 radical (unpaired) electrons. The van der Waals surface area contributed by atoms with Gasteiger partial charge in [0.05, 0.1) is 11.2 Å². The number of carboxylic acids is 1. The highest BCUT2D eigenvalue weighted by Gasteiger charge is 2.22. The highest BCUT2D eigenvalue weighted by molar-refractivity contribution is 8.18. The van der Waals surface area contributed by atoms with E-state index in [-0.39, 0.29) is 11.1 Å². The summed E-state index contributed by atoms with van der Waals surface area (Å²) in [5, 5.41) is 17.1. The van der Waals surface area contributed by atoms with E-state index in [1.807, 2.05) is 0 Å². The third-order valence-electron chi connectivity index (χ3n) is 1.48. The maximum absolute atomic E-state index is 11.1. The van der Waals surface area contributed by atoms with Gasteiger partial charge in [-0.2, -0.15) is 0 Å². The van der Waals surface area contributed by atoms with Gasteiger partial charge in [0.25, 0.3) is 11.9 Å². The molecule has 0 unspecified atom stereocenters. The summed E-state index contributed by atoms with van der Waals surface area (Å²) in [6, 6.07) is 3.50. The molecule has 0 aromatic carbocycles. The van der Waals surface area contributed by atoms with Crippen LogP contribution in [-0.2, 0) is 9.59 Å². The van der Waals surface area contributed by atoms with Crippen LogP contribution >= 0.6 is 11.8 Å². The maximum Gasteiger partial charge on any atom is 0.300 e. The molecule has 0 bridgehead atoms. The van der Waals surface area contributed by atoms with Crippen LogP contribution in [-0.4, -0.2) is 22.2 Å². The van der Waals surface area contributed by atoms with Crippen LogP contribution in [0.1, 0.15) is 12.7 Å². The van der Waals surface area contributed by atoms with Crippen LogP contribution in [0.2, 0.25) is 0 Å². The molecule has 90 valence electrons. The molecule has 1 saturated heterocycles. The Bertz CT molecular complexity index is 461. The Morgan fingerprint density at radius 2 is 2.29 bits per heavy atom. The molecule has 2 rings (SSSR count). The van der Waals surface area contributed by atoms with Crippen LogP contribution in [0.4, 0.5) is 0 Å². The van der Waals surface area contributed by atoms with Crippen LogP contribution in [0.25, 0.3) is 6.08 Å². The van der Waals surface area contributed by atoms with E-state index in [4.69, 9.17) is 19.7 Å². The molecule has 0 atom stereocenters. The van der Waals surface area contributed by atoms with E-state index in [1.54, 1.807) is 18.2 Å². The number of carboxylic acid groups (broad SMARTS) is 1. The molecule has 2 heterocycles. The predicted molar refractivity (Wildman–Crippen MR) is 63.5 cm³/mol. The van der Waals surface area contributed by atoms with Gasteiger partial charge in [-0.25, -0.2) is 0 Å². The van der Waals surface area contributed by atoms with Crippen molar-refractivity contribution in [2.24, 2.45) is 0 Å². The Labute approximate surface area is 101 Å². The average molecular weight is 254 g/mol. The monoisotopic (exact) mass is 254 g/mol. The van der Waals surface area contributed by atoms with Gasteiger partial charge in [-0.1, -0.05) is 0 Å². The van der Waals surface area contributed by atoms with E-state index in [9.17, 15) is 4.79 Å². The number of carbonyl (C=O) groups excluding carboxylic acids is 1. The summed E-state index contributed by atoms with van der Waals surface area (Å²) in [6.45, 7) is 1.08. The average Bonchev–Trinajstić information content (AvgIpc) is 2.77. The molecule has 3 N–H and O–H groups in total. The first-order valence-electron chi connectivity index (χ1n) is 4.51. The molecule has 1 aromatic heterocycles. The van der Waals surface area contributed by atoms with Crippen molar-refractivity contribution < 1.29 is 19.1 Å². The summed E-state index contributed by atoms with van der Waals surface area (Å²) in [4.78, 5) is 20.6. The third kappa shape index (κ3) is 4.56. The molecule has 0 aliphatic carbocycles. The number of amidine groups is 1. The summed E-state index contributed by atoms with van der Waals surface area (Å²) in [7, 11) is 0. The standard InChI is InChI=1S/C8H6N2O2S.C2H4O2/c9-8-10-7(11)6(13-8)4-5-2-1-3-12-5;1-2(3)4/h1-4H,(H2,9,10,11);1H3,(H,3,4). The number of carbonyl (C=O) groups is 2. The fraction of sp³-hybridized carbons (Fsp3) is 0.100. The van der Waals surface area contributed by atoms with Crippen LogP contribution in [0.15, 0.2) is 27.7 Å². The van der Waals surface area contributed by atoms with Crippen molar-refractivity contribution in [3.63, 3.8) is 0 Å².